The lowest BCUT2D eigenvalue weighted by Crippen LogP contribution is -2.04. The first-order valence-electron chi connectivity index (χ1n) is 5.85. The minimum Gasteiger partial charge on any atom is -0.398 e. The van der Waals surface area contributed by atoms with Gasteiger partial charge in [0.25, 0.3) is 0 Å². The zero-order valence-electron chi connectivity index (χ0n) is 10.5. The molecule has 0 bridgehead atoms. The molecule has 0 aliphatic heterocycles. The van der Waals surface area contributed by atoms with Crippen LogP contribution in [0.4, 0.5) is 10.1 Å². The molecule has 3 rings (SSSR count). The molecule has 21 heavy (non-hydrogen) atoms. The van der Waals surface area contributed by atoms with Gasteiger partial charge >= 0.3 is 0 Å². The molecule has 0 atom stereocenters. The predicted molar refractivity (Wildman–Crippen MR) is 81.7 cm³/mol. The first kappa shape index (κ1) is 14.0. The fraction of sp³-hybridized carbons (Fsp3) is 0. The normalized spacial score (nSPS) is 10.8. The molecule has 0 saturated carbocycles. The molecule has 8 heteroatoms. The number of rotatable bonds is 2. The minimum atomic E-state index is -0.452. The number of nitrogen functional groups attached to an aromatic ring is 1. The Kier molecular flexibility index (Phi) is 3.60. The van der Waals surface area contributed by atoms with Gasteiger partial charge in [0.1, 0.15) is 11.5 Å². The Hall–Kier alpha value is -1.99. The molecule has 0 fully saturated rings. The minimum absolute atomic E-state index is 0.212. The van der Waals surface area contributed by atoms with E-state index in [1.165, 1.54) is 10.7 Å². The average molecular weight is 369 g/mol. The highest BCUT2D eigenvalue weighted by molar-refractivity contribution is 9.10. The second-order valence-electron chi connectivity index (χ2n) is 4.24. The first-order chi connectivity index (χ1) is 10.1. The first-order valence-corrected chi connectivity index (χ1v) is 7.02. The van der Waals surface area contributed by atoms with Gasteiger partial charge < -0.3 is 5.73 Å². The zero-order chi connectivity index (χ0) is 15.0. The number of halogens is 3. The summed E-state index contributed by atoms with van der Waals surface area (Å²) < 4.78 is 16.0. The maximum absolute atomic E-state index is 14.0. The Morgan fingerprint density at radius 1 is 1.19 bits per heavy atom. The highest BCUT2D eigenvalue weighted by atomic mass is 79.9. The monoisotopic (exact) mass is 367 g/mol. The fourth-order valence-corrected chi connectivity index (χ4v) is 2.41. The van der Waals surface area contributed by atoms with Gasteiger partial charge in [-0.3, -0.25) is 0 Å². The van der Waals surface area contributed by atoms with Gasteiger partial charge in [-0.1, -0.05) is 27.5 Å². The Balaban J connectivity index is 2.22. The summed E-state index contributed by atoms with van der Waals surface area (Å²) in [6.45, 7) is 0. The highest BCUT2D eigenvalue weighted by Crippen LogP contribution is 2.29. The van der Waals surface area contributed by atoms with Crippen molar-refractivity contribution in [1.82, 2.24) is 20.2 Å². The van der Waals surface area contributed by atoms with Crippen LogP contribution in [0.15, 0.2) is 40.9 Å². The molecule has 2 aromatic carbocycles. The van der Waals surface area contributed by atoms with Gasteiger partial charge in [0.05, 0.1) is 0 Å². The molecular weight excluding hydrogens is 361 g/mol. The lowest BCUT2D eigenvalue weighted by molar-refractivity contribution is 0.607. The van der Waals surface area contributed by atoms with E-state index in [0.717, 1.165) is 0 Å². The van der Waals surface area contributed by atoms with Crippen LogP contribution in [0.5, 0.6) is 0 Å². The third kappa shape index (κ3) is 2.62. The van der Waals surface area contributed by atoms with Crippen molar-refractivity contribution in [3.8, 4) is 17.1 Å². The van der Waals surface area contributed by atoms with Gasteiger partial charge in [-0.2, -0.15) is 4.68 Å². The van der Waals surface area contributed by atoms with E-state index in [2.05, 4.69) is 31.5 Å². The van der Waals surface area contributed by atoms with Crippen LogP contribution in [-0.2, 0) is 0 Å². The summed E-state index contributed by atoms with van der Waals surface area (Å²) in [5.74, 6) is -0.139. The van der Waals surface area contributed by atoms with Crippen LogP contribution in [-0.4, -0.2) is 20.2 Å². The molecule has 0 radical (unpaired) electrons. The summed E-state index contributed by atoms with van der Waals surface area (Å²) in [5, 5.41) is 11.8. The number of benzene rings is 2. The average Bonchev–Trinajstić information content (AvgIpc) is 2.93. The van der Waals surface area contributed by atoms with Crippen molar-refractivity contribution in [1.29, 1.82) is 0 Å². The van der Waals surface area contributed by atoms with E-state index in [4.69, 9.17) is 17.3 Å². The summed E-state index contributed by atoms with van der Waals surface area (Å²) in [4.78, 5) is 0. The van der Waals surface area contributed by atoms with Crippen LogP contribution in [0.3, 0.4) is 0 Å². The van der Waals surface area contributed by atoms with Crippen molar-refractivity contribution in [2.45, 2.75) is 0 Å². The van der Waals surface area contributed by atoms with Crippen LogP contribution < -0.4 is 5.73 Å². The molecule has 106 valence electrons. The number of hydrogen-bond acceptors (Lipinski definition) is 4. The summed E-state index contributed by atoms with van der Waals surface area (Å²) in [6.07, 6.45) is 0. The van der Waals surface area contributed by atoms with Crippen LogP contribution in [0, 0.1) is 5.82 Å². The molecule has 2 N–H and O–H groups in total. The van der Waals surface area contributed by atoms with Gasteiger partial charge in [-0.05, 0) is 46.8 Å². The lowest BCUT2D eigenvalue weighted by atomic mass is 10.1. The van der Waals surface area contributed by atoms with E-state index >= 15 is 0 Å². The van der Waals surface area contributed by atoms with Crippen LogP contribution >= 0.6 is 27.5 Å². The van der Waals surface area contributed by atoms with Crippen LogP contribution in [0.1, 0.15) is 0 Å². The van der Waals surface area contributed by atoms with E-state index < -0.39 is 5.82 Å². The highest BCUT2D eigenvalue weighted by Gasteiger charge is 2.16. The summed E-state index contributed by atoms with van der Waals surface area (Å²) in [5.41, 5.74) is 7.12. The molecule has 0 saturated heterocycles. The van der Waals surface area contributed by atoms with Crippen LogP contribution in [0.25, 0.3) is 17.1 Å². The predicted octanol–water partition coefficient (Wildman–Crippen LogP) is 3.47. The number of tetrazole rings is 1. The van der Waals surface area contributed by atoms with Crippen LogP contribution in [0.2, 0.25) is 5.02 Å². The largest absolute Gasteiger partial charge is 0.398 e. The zero-order valence-corrected chi connectivity index (χ0v) is 12.8. The Morgan fingerprint density at radius 3 is 2.81 bits per heavy atom. The molecular formula is C13H8BrClFN5. The second-order valence-corrected chi connectivity index (χ2v) is 5.59. The summed E-state index contributed by atoms with van der Waals surface area (Å²) in [6, 6.07) is 9.44. The molecule has 5 nitrogen and oxygen atoms in total. The summed E-state index contributed by atoms with van der Waals surface area (Å²) >= 11 is 9.27. The topological polar surface area (TPSA) is 69.6 Å². The molecule has 0 unspecified atom stereocenters. The van der Waals surface area contributed by atoms with Gasteiger partial charge in [0.2, 0.25) is 0 Å². The van der Waals surface area contributed by atoms with Gasteiger partial charge in [0.15, 0.2) is 5.82 Å². The third-order valence-electron chi connectivity index (χ3n) is 2.86. The number of nitrogens with two attached hydrogens (primary N) is 1. The molecule has 0 aliphatic rings. The number of hydrogen-bond donors (Lipinski definition) is 1. The molecule has 1 aromatic heterocycles. The van der Waals surface area contributed by atoms with Gasteiger partial charge in [-0.25, -0.2) is 4.39 Å². The maximum atomic E-state index is 14.0. The molecule has 0 aliphatic carbocycles. The van der Waals surface area contributed by atoms with Gasteiger partial charge in [0, 0.05) is 20.7 Å². The number of anilines is 1. The molecule has 0 spiro atoms. The van der Waals surface area contributed by atoms with Crippen molar-refractivity contribution in [2.75, 3.05) is 5.73 Å². The summed E-state index contributed by atoms with van der Waals surface area (Å²) in [7, 11) is 0. The standard InChI is InChI=1S/C13H8BrClFN5/c14-7-1-3-10(16)12(5-7)21-13(18-19-20-21)9-6-8(15)2-4-11(9)17/h1-6H,17H2. The van der Waals surface area contributed by atoms with Crippen molar-refractivity contribution >= 4 is 33.2 Å². The third-order valence-corrected chi connectivity index (χ3v) is 3.59. The van der Waals surface area contributed by atoms with Gasteiger partial charge in [-0.15, -0.1) is 5.10 Å². The van der Waals surface area contributed by atoms with E-state index in [-0.39, 0.29) is 5.69 Å². The van der Waals surface area contributed by atoms with E-state index in [1.54, 1.807) is 30.3 Å². The van der Waals surface area contributed by atoms with Crippen molar-refractivity contribution < 1.29 is 4.39 Å². The molecule has 3 aromatic rings. The smallest absolute Gasteiger partial charge is 0.189 e. The van der Waals surface area contributed by atoms with E-state index in [0.29, 0.717) is 26.6 Å². The van der Waals surface area contributed by atoms with E-state index in [9.17, 15) is 4.39 Å². The van der Waals surface area contributed by atoms with Crippen molar-refractivity contribution in [2.24, 2.45) is 0 Å². The Morgan fingerprint density at radius 2 is 2.00 bits per heavy atom. The Bertz CT molecular complexity index is 754. The van der Waals surface area contributed by atoms with Crippen molar-refractivity contribution in [3.63, 3.8) is 0 Å². The molecule has 0 amide bonds. The second kappa shape index (κ2) is 5.42. The number of nitrogens with zero attached hydrogens (tertiary/aromatic N) is 4. The number of aromatic nitrogens is 4. The quantitative estimate of drug-likeness (QED) is 0.703. The Labute approximate surface area is 132 Å². The maximum Gasteiger partial charge on any atom is 0.189 e. The van der Waals surface area contributed by atoms with E-state index in [1.807, 2.05) is 0 Å². The molecule has 1 heterocycles. The fourth-order valence-electron chi connectivity index (χ4n) is 1.89. The lowest BCUT2D eigenvalue weighted by Gasteiger charge is -2.08. The van der Waals surface area contributed by atoms with Crippen molar-refractivity contribution in [3.05, 3.63) is 51.7 Å². The SMILES string of the molecule is Nc1ccc(Cl)cc1-c1nnnn1-c1cc(Br)ccc1F.